The highest BCUT2D eigenvalue weighted by Gasteiger charge is 2.51. The smallest absolute Gasteiger partial charge is 0.409 e. The third kappa shape index (κ3) is 4.01. The van der Waals surface area contributed by atoms with Crippen molar-refractivity contribution in [3.63, 3.8) is 0 Å². The highest BCUT2D eigenvalue weighted by molar-refractivity contribution is 5.75. The van der Waals surface area contributed by atoms with E-state index in [0.717, 1.165) is 62.6 Å². The molecule has 32 heavy (non-hydrogen) atoms. The van der Waals surface area contributed by atoms with Crippen LogP contribution in [-0.2, 0) is 4.74 Å². The number of anilines is 1. The molecular weight excluding hydrogens is 411 g/mol. The second kappa shape index (κ2) is 8.61. The van der Waals surface area contributed by atoms with Crippen LogP contribution in [0.5, 0.6) is 0 Å². The van der Waals surface area contributed by atoms with Crippen molar-refractivity contribution in [1.29, 1.82) is 0 Å². The van der Waals surface area contributed by atoms with E-state index in [9.17, 15) is 9.18 Å². The fraction of sp³-hybridized carbons (Fsp3) is 0.565. The molecule has 0 N–H and O–H groups in total. The maximum absolute atomic E-state index is 13.9. The predicted octanol–water partition coefficient (Wildman–Crippen LogP) is 2.81. The molecule has 5 rings (SSSR count). The van der Waals surface area contributed by atoms with Gasteiger partial charge in [-0.15, -0.1) is 0 Å². The van der Waals surface area contributed by atoms with Crippen molar-refractivity contribution in [3.8, 4) is 11.1 Å². The van der Waals surface area contributed by atoms with E-state index in [-0.39, 0.29) is 17.3 Å². The minimum atomic E-state index is -0.354. The van der Waals surface area contributed by atoms with Crippen LogP contribution in [-0.4, -0.2) is 83.0 Å². The molecule has 3 fully saturated rings. The summed E-state index contributed by atoms with van der Waals surface area (Å²) in [6, 6.07) is 3.92. The van der Waals surface area contributed by atoms with Gasteiger partial charge in [0.2, 0.25) is 0 Å². The molecule has 1 spiro atoms. The van der Waals surface area contributed by atoms with Gasteiger partial charge in [0.15, 0.2) is 0 Å². The second-order valence-corrected chi connectivity index (χ2v) is 9.13. The molecule has 0 unspecified atom stereocenters. The summed E-state index contributed by atoms with van der Waals surface area (Å²) in [5.41, 5.74) is 1.84. The molecule has 2 aliphatic heterocycles. The van der Waals surface area contributed by atoms with Gasteiger partial charge in [0.05, 0.1) is 25.2 Å². The number of amides is 1. The number of pyridine rings is 1. The third-order valence-corrected chi connectivity index (χ3v) is 7.11. The average molecular weight is 441 g/mol. The molecule has 0 radical (unpaired) electrons. The first-order valence-electron chi connectivity index (χ1n) is 11.4. The number of hydrogen-bond acceptors (Lipinski definition) is 7. The molecule has 9 heteroatoms. The first-order valence-corrected chi connectivity index (χ1v) is 11.4. The standard InChI is InChI=1S/C23H29FN6O2/c1-2-32-22(31)30-15-23(16-30)5-3-19(12-23)28-7-9-29(10-8-28)21-20(11-18(24)14-25-21)17-4-6-26-27-13-17/h4,6,11,13-14,19H,2-3,5,7-10,12,15-16H2,1H3/t19-/m1/s1. The van der Waals surface area contributed by atoms with E-state index in [1.807, 2.05) is 17.9 Å². The van der Waals surface area contributed by atoms with Gasteiger partial charge in [0.25, 0.3) is 0 Å². The Kier molecular flexibility index (Phi) is 5.67. The fourth-order valence-electron chi connectivity index (χ4n) is 5.53. The number of piperazine rings is 1. The number of nitrogens with zero attached hydrogens (tertiary/aromatic N) is 6. The van der Waals surface area contributed by atoms with Crippen LogP contribution in [0.25, 0.3) is 11.1 Å². The summed E-state index contributed by atoms with van der Waals surface area (Å²) in [5.74, 6) is 0.443. The lowest BCUT2D eigenvalue weighted by Gasteiger charge is -2.48. The Balaban J connectivity index is 1.20. The maximum atomic E-state index is 13.9. The molecule has 170 valence electrons. The van der Waals surface area contributed by atoms with Crippen LogP contribution in [0.15, 0.2) is 30.7 Å². The average Bonchev–Trinajstić information content (AvgIpc) is 3.25. The lowest BCUT2D eigenvalue weighted by atomic mass is 9.78. The van der Waals surface area contributed by atoms with Gasteiger partial charge in [-0.25, -0.2) is 14.2 Å². The van der Waals surface area contributed by atoms with Gasteiger partial charge in [0, 0.05) is 61.9 Å². The third-order valence-electron chi connectivity index (χ3n) is 7.11. The van der Waals surface area contributed by atoms with Crippen molar-refractivity contribution < 1.29 is 13.9 Å². The lowest BCUT2D eigenvalue weighted by molar-refractivity contribution is -0.00294. The Labute approximate surface area is 187 Å². The maximum Gasteiger partial charge on any atom is 0.409 e. The van der Waals surface area contributed by atoms with E-state index >= 15 is 0 Å². The van der Waals surface area contributed by atoms with Crippen LogP contribution in [0.4, 0.5) is 15.0 Å². The van der Waals surface area contributed by atoms with Crippen molar-refractivity contribution in [2.45, 2.75) is 32.2 Å². The van der Waals surface area contributed by atoms with Gasteiger partial charge in [-0.3, -0.25) is 4.90 Å². The molecule has 0 aromatic carbocycles. The highest BCUT2D eigenvalue weighted by Crippen LogP contribution is 2.47. The van der Waals surface area contributed by atoms with Crippen LogP contribution in [0, 0.1) is 11.2 Å². The Morgan fingerprint density at radius 1 is 1.22 bits per heavy atom. The first kappa shape index (κ1) is 21.1. The molecule has 1 amide bonds. The van der Waals surface area contributed by atoms with Gasteiger partial charge < -0.3 is 14.5 Å². The normalized spacial score (nSPS) is 22.8. The topological polar surface area (TPSA) is 74.7 Å². The molecule has 4 heterocycles. The Morgan fingerprint density at radius 2 is 2.03 bits per heavy atom. The van der Waals surface area contributed by atoms with Crippen molar-refractivity contribution in [1.82, 2.24) is 25.0 Å². The number of carbonyl (C=O) groups excluding carboxylic acids is 1. The summed E-state index contributed by atoms with van der Waals surface area (Å²) in [7, 11) is 0. The van der Waals surface area contributed by atoms with Crippen molar-refractivity contribution >= 4 is 11.9 Å². The van der Waals surface area contributed by atoms with E-state index in [2.05, 4.69) is 25.0 Å². The number of likely N-dealkylation sites (tertiary alicyclic amines) is 1. The van der Waals surface area contributed by atoms with Crippen molar-refractivity contribution in [3.05, 3.63) is 36.5 Å². The van der Waals surface area contributed by atoms with Crippen molar-refractivity contribution in [2.24, 2.45) is 5.41 Å². The quantitative estimate of drug-likeness (QED) is 0.724. The molecule has 2 saturated heterocycles. The van der Waals surface area contributed by atoms with Crippen LogP contribution in [0.3, 0.4) is 0 Å². The zero-order chi connectivity index (χ0) is 22.1. The fourth-order valence-corrected chi connectivity index (χ4v) is 5.53. The zero-order valence-corrected chi connectivity index (χ0v) is 18.4. The number of ether oxygens (including phenoxy) is 1. The Morgan fingerprint density at radius 3 is 2.75 bits per heavy atom. The van der Waals surface area contributed by atoms with Crippen molar-refractivity contribution in [2.75, 3.05) is 50.8 Å². The molecule has 3 aliphatic rings. The van der Waals surface area contributed by atoms with Gasteiger partial charge in [-0.1, -0.05) is 0 Å². The largest absolute Gasteiger partial charge is 0.450 e. The summed E-state index contributed by atoms with van der Waals surface area (Å²) < 4.78 is 19.1. The molecule has 1 aliphatic carbocycles. The van der Waals surface area contributed by atoms with Crippen LogP contribution in [0.2, 0.25) is 0 Å². The molecule has 1 atom stereocenters. The highest BCUT2D eigenvalue weighted by atomic mass is 19.1. The van der Waals surface area contributed by atoms with E-state index in [1.165, 1.54) is 25.1 Å². The SMILES string of the molecule is CCOC(=O)N1CC2(CC[C@@H](N3CCN(c4ncc(F)cc4-c4ccnnc4)CC3)C2)C1. The molecule has 0 bridgehead atoms. The van der Waals surface area contributed by atoms with E-state index in [0.29, 0.717) is 12.6 Å². The Hall–Kier alpha value is -2.81. The molecule has 8 nitrogen and oxygen atoms in total. The summed E-state index contributed by atoms with van der Waals surface area (Å²) in [5, 5.41) is 7.76. The van der Waals surface area contributed by atoms with Crippen LogP contribution < -0.4 is 4.90 Å². The lowest BCUT2D eigenvalue weighted by Crippen LogP contribution is -2.58. The number of aromatic nitrogens is 3. The summed E-state index contributed by atoms with van der Waals surface area (Å²) >= 11 is 0. The number of hydrogen-bond donors (Lipinski definition) is 0. The molecule has 2 aromatic rings. The number of rotatable bonds is 4. The van der Waals surface area contributed by atoms with Gasteiger partial charge in [-0.05, 0) is 38.3 Å². The van der Waals surface area contributed by atoms with Gasteiger partial charge >= 0.3 is 6.09 Å². The monoisotopic (exact) mass is 440 g/mol. The minimum Gasteiger partial charge on any atom is -0.450 e. The molecule has 1 saturated carbocycles. The Bertz CT molecular complexity index is 960. The van der Waals surface area contributed by atoms with Gasteiger partial charge in [-0.2, -0.15) is 10.2 Å². The summed E-state index contributed by atoms with van der Waals surface area (Å²) in [4.78, 5) is 23.0. The number of carbonyl (C=O) groups is 1. The van der Waals surface area contributed by atoms with E-state index < -0.39 is 0 Å². The van der Waals surface area contributed by atoms with Gasteiger partial charge in [0.1, 0.15) is 11.6 Å². The first-order chi connectivity index (χ1) is 15.6. The zero-order valence-electron chi connectivity index (χ0n) is 18.4. The number of halogens is 1. The van der Waals surface area contributed by atoms with Crippen LogP contribution >= 0.6 is 0 Å². The summed E-state index contributed by atoms with van der Waals surface area (Å²) in [6.45, 7) is 7.53. The van der Waals surface area contributed by atoms with E-state index in [4.69, 9.17) is 4.74 Å². The van der Waals surface area contributed by atoms with Crippen LogP contribution in [0.1, 0.15) is 26.2 Å². The predicted molar refractivity (Wildman–Crippen MR) is 118 cm³/mol. The molecular formula is C23H29FN6O2. The van der Waals surface area contributed by atoms with E-state index in [1.54, 1.807) is 12.4 Å². The minimum absolute atomic E-state index is 0.179. The summed E-state index contributed by atoms with van der Waals surface area (Å²) in [6.07, 6.45) is 7.86. The molecule has 2 aromatic heterocycles. The second-order valence-electron chi connectivity index (χ2n) is 9.13.